The van der Waals surface area contributed by atoms with Gasteiger partial charge in [-0.2, -0.15) is 0 Å². The molecule has 9 rings (SSSR count). The zero-order chi connectivity index (χ0) is 82.1. The monoisotopic (exact) mass is 1550 g/mol. The molecule has 2 bridgehead atoms. The number of carbonyl (C=O) groups is 4. The number of likely N-dealkylation sites (tertiary alicyclic amines) is 3. The number of piperidine rings is 3. The first-order chi connectivity index (χ1) is 50.3. The van der Waals surface area contributed by atoms with Crippen LogP contribution in [0, 0.1) is 0 Å². The van der Waals surface area contributed by atoms with E-state index in [1.54, 1.807) is 66.3 Å². The van der Waals surface area contributed by atoms with Gasteiger partial charge in [-0.25, -0.2) is 4.79 Å². The van der Waals surface area contributed by atoms with Crippen molar-refractivity contribution in [1.82, 2.24) is 19.6 Å². The largest absolute Gasteiger partial charge is 0.453 e. The van der Waals surface area contributed by atoms with Gasteiger partial charge in [0.2, 0.25) is 17.7 Å². The second-order valence-electron chi connectivity index (χ2n) is 29.0. The van der Waals surface area contributed by atoms with E-state index < -0.39 is 0 Å². The lowest BCUT2D eigenvalue weighted by molar-refractivity contribution is -0.146. The normalized spacial score (nSPS) is 20.4. The summed E-state index contributed by atoms with van der Waals surface area (Å²) in [5, 5.41) is 0. The predicted octanol–water partition coefficient (Wildman–Crippen LogP) is 16.9. The number of amides is 4. The molecule has 0 spiro atoms. The average Bonchev–Trinajstić information content (AvgIpc) is 1.66. The molecule has 646 valence electrons. The van der Waals surface area contributed by atoms with Gasteiger partial charge in [0.1, 0.15) is 6.10 Å². The maximum atomic E-state index is 11.8. The zero-order valence-electron chi connectivity index (χ0n) is 74.4. The molecule has 3 atom stereocenters. The van der Waals surface area contributed by atoms with E-state index >= 15 is 0 Å². The first kappa shape index (κ1) is 115. The Morgan fingerprint density at radius 2 is 0.636 bits per heavy atom. The van der Waals surface area contributed by atoms with Gasteiger partial charge in [0.25, 0.3) is 0 Å². The Bertz CT molecular complexity index is 1870. The number of hydrogen-bond acceptors (Lipinski definition) is 19. The fourth-order valence-electron chi connectivity index (χ4n) is 12.2. The molecule has 23 nitrogen and oxygen atoms in total. The van der Waals surface area contributed by atoms with Gasteiger partial charge in [-0.3, -0.25) is 14.4 Å². The standard InChI is InChI=1S/C13H23NO2.C10H19NO3.C10H19NO2.C9H18O.C8H15NO2.C8H16O2.C7H14O2.C6H12O2.3C2H6O.3C2H6.CH4/c1-4-13(15)14-10-5-6-11(14)8-12(7-10)16-9(2)3;1-8(2)14-9-4-6-11(7-5-9)10(12)13-3;1-8(2)13-10-4-6-11(7-5-10)9(3)12;1-8(2)10-9-6-4-3-5-7-9;1-6(2)11-8-4-9(5-8)7(3)10;1-7(2)10-8-3-5-9-6-4-8;1-6(2)9-7-3-4-8-5-7;1-5(2)8-6-3-7-4-6;3*1-3-2;3*1-2;/h9-12H,4-8H2,1-3H3;8-9H,4-7H2,1-3H3;8,10H,4-7H2,1-3H3;8-9H,3-7H2,1-2H3;6,8H,4-5H2,1-3H3;7-8H,3-6H2,1-2H3;6-7H,3-5H2,1-2H3;5-6H,3-4H2,1-2H3;3*1-2H3;3*1-2H3;1H4. The predicted molar refractivity (Wildman–Crippen MR) is 439 cm³/mol. The van der Waals surface area contributed by atoms with Crippen LogP contribution in [-0.4, -0.2) is 282 Å². The molecule has 1 saturated carbocycles. The van der Waals surface area contributed by atoms with Crippen molar-refractivity contribution in [3.8, 4) is 0 Å². The molecule has 8 heterocycles. The van der Waals surface area contributed by atoms with Gasteiger partial charge in [0, 0.05) is 134 Å². The number of carbonyl (C=O) groups excluding carboxylic acids is 4. The lowest BCUT2D eigenvalue weighted by Crippen LogP contribution is -2.54. The maximum Gasteiger partial charge on any atom is 0.409 e. The van der Waals surface area contributed by atoms with E-state index in [2.05, 4.69) is 93.1 Å². The third-order valence-electron chi connectivity index (χ3n) is 16.3. The summed E-state index contributed by atoms with van der Waals surface area (Å²) in [7, 11) is 11.2. The maximum absolute atomic E-state index is 11.8. The van der Waals surface area contributed by atoms with Crippen molar-refractivity contribution >= 4 is 23.8 Å². The van der Waals surface area contributed by atoms with E-state index in [1.807, 2.05) is 94.9 Å². The van der Waals surface area contributed by atoms with Crippen molar-refractivity contribution in [1.29, 1.82) is 0 Å². The molecular formula is C84H176N4O19. The van der Waals surface area contributed by atoms with Crippen LogP contribution in [0.25, 0.3) is 0 Å². The van der Waals surface area contributed by atoms with Crippen LogP contribution in [0.4, 0.5) is 4.79 Å². The van der Waals surface area contributed by atoms with Crippen LogP contribution in [0.5, 0.6) is 0 Å². The van der Waals surface area contributed by atoms with Gasteiger partial charge in [-0.1, -0.05) is 75.2 Å². The minimum Gasteiger partial charge on any atom is -0.453 e. The van der Waals surface area contributed by atoms with Crippen LogP contribution >= 0.6 is 0 Å². The van der Waals surface area contributed by atoms with Crippen molar-refractivity contribution in [2.75, 3.05) is 129 Å². The highest BCUT2D eigenvalue weighted by Gasteiger charge is 2.43. The quantitative estimate of drug-likeness (QED) is 0.132. The molecule has 9 fully saturated rings. The number of hydrogen-bond donors (Lipinski definition) is 0. The summed E-state index contributed by atoms with van der Waals surface area (Å²) >= 11 is 0. The molecule has 3 unspecified atom stereocenters. The summed E-state index contributed by atoms with van der Waals surface area (Å²) < 4.78 is 77.5. The molecule has 0 aromatic carbocycles. The molecule has 0 aromatic rings. The fraction of sp³-hybridized carbons (Fsp3) is 0.952. The van der Waals surface area contributed by atoms with Crippen LogP contribution in [-0.2, 0) is 85.4 Å². The molecule has 107 heavy (non-hydrogen) atoms. The van der Waals surface area contributed by atoms with Crippen molar-refractivity contribution in [3.63, 3.8) is 0 Å². The Morgan fingerprint density at radius 3 is 0.935 bits per heavy atom. The van der Waals surface area contributed by atoms with Gasteiger partial charge >= 0.3 is 6.09 Å². The molecule has 0 N–H and O–H groups in total. The second kappa shape index (κ2) is 75.8. The van der Waals surface area contributed by atoms with E-state index in [-0.39, 0.29) is 43.6 Å². The Kier molecular flexibility index (Phi) is 81.5. The Balaban J connectivity index is -0.000000266. The third-order valence-corrected chi connectivity index (χ3v) is 16.3. The summed E-state index contributed by atoms with van der Waals surface area (Å²) in [5.41, 5.74) is 0. The van der Waals surface area contributed by atoms with E-state index in [4.69, 9.17) is 52.1 Å². The molecule has 8 saturated heterocycles. The first-order valence-electron chi connectivity index (χ1n) is 41.2. The minimum atomic E-state index is -0.229. The number of fused-ring (bicyclic) bond motifs is 2. The van der Waals surface area contributed by atoms with Crippen molar-refractivity contribution in [3.05, 3.63) is 0 Å². The fourth-order valence-corrected chi connectivity index (χ4v) is 12.2. The highest BCUT2D eigenvalue weighted by molar-refractivity contribution is 5.77. The summed E-state index contributed by atoms with van der Waals surface area (Å²) in [6.07, 6.45) is 24.3. The number of ether oxygens (including phenoxy) is 15. The van der Waals surface area contributed by atoms with E-state index in [1.165, 1.54) is 52.1 Å². The summed E-state index contributed by atoms with van der Waals surface area (Å²) in [4.78, 5) is 52.3. The van der Waals surface area contributed by atoms with Gasteiger partial charge < -0.3 is 90.7 Å². The smallest absolute Gasteiger partial charge is 0.409 e. The van der Waals surface area contributed by atoms with Gasteiger partial charge in [0.15, 0.2) is 0 Å². The van der Waals surface area contributed by atoms with Crippen LogP contribution in [0.3, 0.4) is 0 Å². The molecule has 8 aliphatic heterocycles. The second-order valence-corrected chi connectivity index (χ2v) is 29.0. The lowest BCUT2D eigenvalue weighted by Gasteiger charge is -2.39. The highest BCUT2D eigenvalue weighted by atomic mass is 16.6. The number of rotatable bonds is 17. The SMILES string of the molecule is C.CC.CC.CC.CC(=O)N1CC(OC(C)C)C1.CC(=O)N1CCC(OC(C)C)CC1.CC(C)OC1CCCCC1.CC(C)OC1CCOC1.CC(C)OC1CCOCC1.CC(C)OC1COC1.CCC(=O)N1C2CCC1CC(OC(C)C)C2.COC.COC.COC.COC(=O)N1CCC(OC(C)C)CC1. The first-order valence-corrected chi connectivity index (χ1v) is 41.2. The van der Waals surface area contributed by atoms with Crippen LogP contribution in [0.1, 0.15) is 290 Å². The number of nitrogens with zero attached hydrogens (tertiary/aromatic N) is 4. The van der Waals surface area contributed by atoms with E-state index in [0.29, 0.717) is 104 Å². The van der Waals surface area contributed by atoms with Crippen molar-refractivity contribution in [2.24, 2.45) is 0 Å². The van der Waals surface area contributed by atoms with Gasteiger partial charge in [0.05, 0.1) is 118 Å². The molecule has 1 aliphatic carbocycles. The summed E-state index contributed by atoms with van der Waals surface area (Å²) in [5.74, 6) is 0.659. The lowest BCUT2D eigenvalue weighted by atomic mass is 9.98. The summed E-state index contributed by atoms with van der Waals surface area (Å²) in [6, 6.07) is 0.907. The van der Waals surface area contributed by atoms with Crippen molar-refractivity contribution < 1.29 is 90.2 Å². The number of methoxy groups -OCH3 is 4. The molecule has 0 aromatic heterocycles. The molecule has 9 aliphatic rings. The topological polar surface area (TPSA) is 220 Å². The Hall–Kier alpha value is -2.88. The molecule has 23 heteroatoms. The van der Waals surface area contributed by atoms with Gasteiger partial charge in [-0.15, -0.1) is 0 Å². The minimum absolute atomic E-state index is 0. The highest BCUT2D eigenvalue weighted by Crippen LogP contribution is 2.37. The molecule has 4 amide bonds. The molecular weight excluding hydrogens is 1370 g/mol. The van der Waals surface area contributed by atoms with Crippen molar-refractivity contribution in [2.45, 2.75) is 399 Å². The molecule has 0 radical (unpaired) electrons. The van der Waals surface area contributed by atoms with E-state index in [0.717, 1.165) is 137 Å². The average molecular weight is 1550 g/mol. The van der Waals surface area contributed by atoms with Gasteiger partial charge in [-0.05, 0) is 194 Å². The van der Waals surface area contributed by atoms with Crippen LogP contribution in [0.2, 0.25) is 0 Å². The Labute approximate surface area is 658 Å². The third kappa shape index (κ3) is 65.3. The van der Waals surface area contributed by atoms with Crippen LogP contribution in [0.15, 0.2) is 0 Å². The van der Waals surface area contributed by atoms with E-state index in [9.17, 15) is 19.2 Å². The Morgan fingerprint density at radius 1 is 0.346 bits per heavy atom. The summed E-state index contributed by atoms with van der Waals surface area (Å²) in [6.45, 7) is 59.8. The van der Waals surface area contributed by atoms with Crippen LogP contribution < -0.4 is 0 Å². The zero-order valence-corrected chi connectivity index (χ0v) is 74.4.